The molecule has 11 nitrogen and oxygen atoms in total. The molecule has 0 saturated carbocycles. The van der Waals surface area contributed by atoms with Gasteiger partial charge in [0.05, 0.1) is 31.4 Å². The normalized spacial score (nSPS) is 16.8. The summed E-state index contributed by atoms with van der Waals surface area (Å²) in [7, 11) is 1.65. The molecule has 1 saturated heterocycles. The molecule has 5 rings (SSSR count). The van der Waals surface area contributed by atoms with Crippen molar-refractivity contribution >= 4 is 16.6 Å². The van der Waals surface area contributed by atoms with Gasteiger partial charge in [-0.05, 0) is 59.8 Å². The monoisotopic (exact) mass is 423 g/mol. The summed E-state index contributed by atoms with van der Waals surface area (Å²) >= 11 is 0. The molecule has 1 aliphatic rings. The number of benzene rings is 1. The van der Waals surface area contributed by atoms with Crippen molar-refractivity contribution in [3.63, 3.8) is 0 Å². The fraction of sp³-hybridized carbons (Fsp3) is 0.500. The first-order chi connectivity index (χ1) is 15.0. The van der Waals surface area contributed by atoms with Crippen LogP contribution in [0.15, 0.2) is 24.3 Å². The molecular weight excluding hydrogens is 398 g/mol. The summed E-state index contributed by atoms with van der Waals surface area (Å²) in [6, 6.07) is 7.79. The third-order valence-electron chi connectivity index (χ3n) is 5.58. The molecule has 31 heavy (non-hydrogen) atoms. The SMILES string of the molecule is COc1ccc2cc(C(c3nnnn3C(C)(C)C)N3CCOCC3)c3nnnn3c2c1. The Hall–Kier alpha value is -3.18. The minimum Gasteiger partial charge on any atom is -0.497 e. The van der Waals surface area contributed by atoms with Crippen molar-refractivity contribution < 1.29 is 9.47 Å². The van der Waals surface area contributed by atoms with E-state index in [4.69, 9.17) is 9.47 Å². The molecule has 11 heteroatoms. The highest BCUT2D eigenvalue weighted by molar-refractivity contribution is 5.84. The van der Waals surface area contributed by atoms with Crippen LogP contribution in [0.5, 0.6) is 5.75 Å². The van der Waals surface area contributed by atoms with E-state index in [1.165, 1.54) is 0 Å². The molecule has 0 amide bonds. The highest BCUT2D eigenvalue weighted by Gasteiger charge is 2.34. The van der Waals surface area contributed by atoms with Crippen molar-refractivity contribution in [1.29, 1.82) is 0 Å². The van der Waals surface area contributed by atoms with Crippen molar-refractivity contribution in [2.45, 2.75) is 32.4 Å². The largest absolute Gasteiger partial charge is 0.497 e. The molecule has 0 aliphatic carbocycles. The summed E-state index contributed by atoms with van der Waals surface area (Å²) in [6.45, 7) is 9.09. The fourth-order valence-electron chi connectivity index (χ4n) is 4.10. The van der Waals surface area contributed by atoms with Crippen LogP contribution in [0.1, 0.15) is 38.2 Å². The second kappa shape index (κ2) is 7.50. The van der Waals surface area contributed by atoms with E-state index in [1.54, 1.807) is 11.6 Å². The highest BCUT2D eigenvalue weighted by atomic mass is 16.5. The topological polar surface area (TPSA) is 108 Å². The Morgan fingerprint density at radius 2 is 1.81 bits per heavy atom. The third kappa shape index (κ3) is 3.39. The minimum absolute atomic E-state index is 0.224. The Labute approximate surface area is 178 Å². The van der Waals surface area contributed by atoms with Gasteiger partial charge in [-0.2, -0.15) is 4.52 Å². The van der Waals surface area contributed by atoms with Crippen molar-refractivity contribution in [2.24, 2.45) is 0 Å². The lowest BCUT2D eigenvalue weighted by molar-refractivity contribution is 0.0210. The minimum atomic E-state index is -0.282. The molecule has 4 aromatic rings. The van der Waals surface area contributed by atoms with E-state index in [9.17, 15) is 0 Å². The van der Waals surface area contributed by atoms with Crippen molar-refractivity contribution in [3.05, 3.63) is 35.7 Å². The molecule has 1 atom stereocenters. The first-order valence-corrected chi connectivity index (χ1v) is 10.3. The summed E-state index contributed by atoms with van der Waals surface area (Å²) in [6.07, 6.45) is 0. The second-order valence-corrected chi connectivity index (χ2v) is 8.61. The van der Waals surface area contributed by atoms with Gasteiger partial charge in [0.25, 0.3) is 0 Å². The molecule has 1 unspecified atom stereocenters. The quantitative estimate of drug-likeness (QED) is 0.482. The maximum Gasteiger partial charge on any atom is 0.185 e. The Balaban J connectivity index is 1.76. The van der Waals surface area contributed by atoms with Gasteiger partial charge in [-0.1, -0.05) is 0 Å². The lowest BCUT2D eigenvalue weighted by Crippen LogP contribution is -2.42. The predicted molar refractivity (Wildman–Crippen MR) is 112 cm³/mol. The van der Waals surface area contributed by atoms with E-state index in [0.717, 1.165) is 41.1 Å². The van der Waals surface area contributed by atoms with Crippen LogP contribution >= 0.6 is 0 Å². The Morgan fingerprint density at radius 3 is 2.55 bits per heavy atom. The van der Waals surface area contributed by atoms with Gasteiger partial charge in [0.1, 0.15) is 11.8 Å². The molecular formula is C20H25N9O2. The smallest absolute Gasteiger partial charge is 0.185 e. The zero-order valence-corrected chi connectivity index (χ0v) is 18.1. The third-order valence-corrected chi connectivity index (χ3v) is 5.58. The van der Waals surface area contributed by atoms with Crippen molar-refractivity contribution in [1.82, 2.24) is 45.1 Å². The zero-order valence-electron chi connectivity index (χ0n) is 18.1. The summed E-state index contributed by atoms with van der Waals surface area (Å²) in [5.74, 6) is 1.51. The van der Waals surface area contributed by atoms with Gasteiger partial charge in [0.15, 0.2) is 11.5 Å². The molecule has 3 aromatic heterocycles. The maximum atomic E-state index is 5.61. The number of pyridine rings is 1. The van der Waals surface area contributed by atoms with E-state index < -0.39 is 0 Å². The number of morpholine rings is 1. The van der Waals surface area contributed by atoms with Gasteiger partial charge in [0, 0.05) is 30.1 Å². The van der Waals surface area contributed by atoms with Crippen LogP contribution in [-0.2, 0) is 10.3 Å². The number of rotatable bonds is 4. The zero-order chi connectivity index (χ0) is 21.6. The molecule has 0 bridgehead atoms. The number of tetrazole rings is 2. The van der Waals surface area contributed by atoms with Crippen LogP contribution in [0.2, 0.25) is 0 Å². The standard InChI is InChI=1S/C20H25N9O2/c1-20(2,3)29-19(22-24-26-29)17(27-7-9-31-10-8-27)15-11-13-5-6-14(30-4)12-16(13)28-18(15)21-23-25-28/h5-6,11-12,17H,7-10H2,1-4H3. The lowest BCUT2D eigenvalue weighted by atomic mass is 10.0. The fourth-order valence-corrected chi connectivity index (χ4v) is 4.10. The molecule has 0 N–H and O–H groups in total. The van der Waals surface area contributed by atoms with Crippen molar-refractivity contribution in [3.8, 4) is 5.75 Å². The Bertz CT molecular complexity index is 1220. The van der Waals surface area contributed by atoms with Gasteiger partial charge in [0.2, 0.25) is 0 Å². The highest BCUT2D eigenvalue weighted by Crippen LogP contribution is 2.34. The molecule has 1 aromatic carbocycles. The molecule has 0 radical (unpaired) electrons. The van der Waals surface area contributed by atoms with Crippen LogP contribution in [0, 0.1) is 0 Å². The molecule has 1 fully saturated rings. The first-order valence-electron chi connectivity index (χ1n) is 10.3. The van der Waals surface area contributed by atoms with Crippen LogP contribution in [0.25, 0.3) is 16.6 Å². The van der Waals surface area contributed by atoms with Crippen LogP contribution in [-0.4, -0.2) is 78.6 Å². The Kier molecular flexibility index (Phi) is 4.78. The average Bonchev–Trinajstić information content (AvgIpc) is 3.44. The molecule has 1 aliphatic heterocycles. The van der Waals surface area contributed by atoms with Gasteiger partial charge in [-0.25, -0.2) is 4.68 Å². The van der Waals surface area contributed by atoms with E-state index in [2.05, 4.69) is 62.8 Å². The van der Waals surface area contributed by atoms with Gasteiger partial charge in [-0.3, -0.25) is 4.90 Å². The van der Waals surface area contributed by atoms with E-state index in [-0.39, 0.29) is 11.6 Å². The second-order valence-electron chi connectivity index (χ2n) is 8.61. The van der Waals surface area contributed by atoms with Gasteiger partial charge < -0.3 is 9.47 Å². The number of hydrogen-bond donors (Lipinski definition) is 0. The predicted octanol–water partition coefficient (Wildman–Crippen LogP) is 1.45. The number of aromatic nitrogens is 8. The van der Waals surface area contributed by atoms with Gasteiger partial charge in [-0.15, -0.1) is 10.2 Å². The number of nitrogens with zero attached hydrogens (tertiary/aromatic N) is 9. The van der Waals surface area contributed by atoms with Crippen molar-refractivity contribution in [2.75, 3.05) is 33.4 Å². The summed E-state index contributed by atoms with van der Waals surface area (Å²) in [5, 5.41) is 26.4. The average molecular weight is 423 g/mol. The number of fused-ring (bicyclic) bond motifs is 3. The number of hydrogen-bond acceptors (Lipinski definition) is 9. The van der Waals surface area contributed by atoms with Gasteiger partial charge >= 0.3 is 0 Å². The number of methoxy groups -OCH3 is 1. The summed E-state index contributed by atoms with van der Waals surface area (Å²) in [5.41, 5.74) is 2.21. The molecule has 162 valence electrons. The van der Waals surface area contributed by atoms with Crippen LogP contribution < -0.4 is 4.74 Å². The summed E-state index contributed by atoms with van der Waals surface area (Å²) < 4.78 is 14.6. The Morgan fingerprint density at radius 1 is 1.03 bits per heavy atom. The molecule has 0 spiro atoms. The van der Waals surface area contributed by atoms with Crippen LogP contribution in [0.4, 0.5) is 0 Å². The number of ether oxygens (including phenoxy) is 2. The van der Waals surface area contributed by atoms with E-state index in [1.807, 2.05) is 22.9 Å². The molecule has 4 heterocycles. The first kappa shape index (κ1) is 19.8. The lowest BCUT2D eigenvalue weighted by Gasteiger charge is -2.35. The van der Waals surface area contributed by atoms with E-state index >= 15 is 0 Å². The summed E-state index contributed by atoms with van der Waals surface area (Å²) in [4.78, 5) is 2.33. The van der Waals surface area contributed by atoms with E-state index in [0.29, 0.717) is 18.9 Å². The van der Waals surface area contributed by atoms with Crippen LogP contribution in [0.3, 0.4) is 0 Å². The maximum absolute atomic E-state index is 5.61.